The van der Waals surface area contributed by atoms with Crippen LogP contribution in [0, 0.1) is 5.92 Å². The number of anilines is 2. The average molecular weight is 301 g/mol. The summed E-state index contributed by atoms with van der Waals surface area (Å²) in [6, 6.07) is 4.62. The highest BCUT2D eigenvalue weighted by molar-refractivity contribution is 6.11. The van der Waals surface area contributed by atoms with Gasteiger partial charge in [-0.05, 0) is 31.0 Å². The fraction of sp³-hybridized carbons (Fsp3) is 0.438. The zero-order valence-corrected chi connectivity index (χ0v) is 12.7. The summed E-state index contributed by atoms with van der Waals surface area (Å²) >= 11 is 0. The number of nitrogens with one attached hydrogen (secondary N) is 2. The molecule has 1 saturated heterocycles. The topological polar surface area (TPSA) is 78.5 Å². The van der Waals surface area contributed by atoms with Gasteiger partial charge in [0, 0.05) is 18.2 Å². The van der Waals surface area contributed by atoms with Gasteiger partial charge in [0.05, 0.1) is 11.3 Å². The maximum absolute atomic E-state index is 12.7. The van der Waals surface area contributed by atoms with Crippen LogP contribution in [-0.2, 0) is 9.59 Å². The van der Waals surface area contributed by atoms with E-state index in [4.69, 9.17) is 0 Å². The Balaban J connectivity index is 1.94. The first kappa shape index (κ1) is 14.6. The molecule has 0 saturated carbocycles. The molecule has 116 valence electrons. The first-order chi connectivity index (χ1) is 10.5. The van der Waals surface area contributed by atoms with E-state index in [2.05, 4.69) is 10.6 Å². The third kappa shape index (κ3) is 2.45. The van der Waals surface area contributed by atoms with Crippen LogP contribution in [0.15, 0.2) is 18.2 Å². The summed E-state index contributed by atoms with van der Waals surface area (Å²) in [6.07, 6.45) is 1.53. The van der Waals surface area contributed by atoms with Gasteiger partial charge in [0.25, 0.3) is 5.91 Å². The molecule has 6 heteroatoms. The molecule has 0 radical (unpaired) electrons. The van der Waals surface area contributed by atoms with Crippen LogP contribution in [0.2, 0.25) is 0 Å². The van der Waals surface area contributed by atoms with Gasteiger partial charge in [-0.1, -0.05) is 13.8 Å². The number of rotatable bonds is 2. The van der Waals surface area contributed by atoms with E-state index in [1.165, 1.54) is 0 Å². The molecule has 0 bridgehead atoms. The molecule has 1 aromatic rings. The van der Waals surface area contributed by atoms with Crippen LogP contribution < -0.4 is 10.6 Å². The normalized spacial score (nSPS) is 20.3. The SMILES string of the molecule is CC(C)C(=O)Nc1ccc2c(c1)C(=O)N1CCC[C@@H]1C(=O)N2. The highest BCUT2D eigenvalue weighted by Gasteiger charge is 2.38. The third-order valence-corrected chi connectivity index (χ3v) is 4.12. The lowest BCUT2D eigenvalue weighted by Gasteiger charge is -2.20. The van der Waals surface area contributed by atoms with Gasteiger partial charge in [0.1, 0.15) is 6.04 Å². The molecule has 0 aliphatic carbocycles. The predicted octanol–water partition coefficient (Wildman–Crippen LogP) is 1.84. The second-order valence-corrected chi connectivity index (χ2v) is 6.05. The number of hydrogen-bond acceptors (Lipinski definition) is 3. The number of benzene rings is 1. The Bertz CT molecular complexity index is 654. The van der Waals surface area contributed by atoms with Gasteiger partial charge < -0.3 is 15.5 Å². The van der Waals surface area contributed by atoms with E-state index in [0.29, 0.717) is 29.9 Å². The fourth-order valence-electron chi connectivity index (χ4n) is 2.85. The number of hydrogen-bond donors (Lipinski definition) is 2. The Labute approximate surface area is 128 Å². The maximum Gasteiger partial charge on any atom is 0.256 e. The molecule has 6 nitrogen and oxygen atoms in total. The van der Waals surface area contributed by atoms with Crippen LogP contribution in [0.25, 0.3) is 0 Å². The fourth-order valence-corrected chi connectivity index (χ4v) is 2.85. The minimum Gasteiger partial charge on any atom is -0.327 e. The third-order valence-electron chi connectivity index (χ3n) is 4.12. The molecule has 1 fully saturated rings. The van der Waals surface area contributed by atoms with Crippen LogP contribution in [-0.4, -0.2) is 35.2 Å². The van der Waals surface area contributed by atoms with Gasteiger partial charge in [-0.15, -0.1) is 0 Å². The zero-order valence-electron chi connectivity index (χ0n) is 12.7. The van der Waals surface area contributed by atoms with Crippen molar-refractivity contribution in [3.05, 3.63) is 23.8 Å². The highest BCUT2D eigenvalue weighted by Crippen LogP contribution is 2.30. The lowest BCUT2D eigenvalue weighted by molar-refractivity contribution is -0.120. The Morgan fingerprint density at radius 3 is 2.86 bits per heavy atom. The molecule has 1 atom stereocenters. The first-order valence-corrected chi connectivity index (χ1v) is 7.54. The molecule has 0 spiro atoms. The summed E-state index contributed by atoms with van der Waals surface area (Å²) in [7, 11) is 0. The Kier molecular flexibility index (Phi) is 3.60. The quantitative estimate of drug-likeness (QED) is 0.875. The molecular weight excluding hydrogens is 282 g/mol. The summed E-state index contributed by atoms with van der Waals surface area (Å²) in [6.45, 7) is 4.21. The second kappa shape index (κ2) is 5.44. The molecule has 0 unspecified atom stereocenters. The monoisotopic (exact) mass is 301 g/mol. The van der Waals surface area contributed by atoms with Crippen molar-refractivity contribution in [2.75, 3.05) is 17.2 Å². The van der Waals surface area contributed by atoms with E-state index < -0.39 is 0 Å². The smallest absolute Gasteiger partial charge is 0.256 e. The van der Waals surface area contributed by atoms with Gasteiger partial charge >= 0.3 is 0 Å². The number of carbonyl (C=O) groups is 3. The molecule has 22 heavy (non-hydrogen) atoms. The van der Waals surface area contributed by atoms with E-state index in [9.17, 15) is 14.4 Å². The molecule has 1 aromatic carbocycles. The average Bonchev–Trinajstić information content (AvgIpc) is 2.94. The molecule has 2 aliphatic rings. The van der Waals surface area contributed by atoms with Crippen LogP contribution in [0.4, 0.5) is 11.4 Å². The summed E-state index contributed by atoms with van der Waals surface area (Å²) in [5.41, 5.74) is 1.50. The largest absolute Gasteiger partial charge is 0.327 e. The first-order valence-electron chi connectivity index (χ1n) is 7.54. The number of amides is 3. The van der Waals surface area contributed by atoms with E-state index in [1.807, 2.05) is 0 Å². The van der Waals surface area contributed by atoms with Crippen molar-refractivity contribution < 1.29 is 14.4 Å². The molecule has 2 N–H and O–H groups in total. The van der Waals surface area contributed by atoms with Gasteiger partial charge in [-0.25, -0.2) is 0 Å². The van der Waals surface area contributed by atoms with Crippen LogP contribution in [0.3, 0.4) is 0 Å². The Morgan fingerprint density at radius 2 is 2.14 bits per heavy atom. The number of carbonyl (C=O) groups excluding carboxylic acids is 3. The van der Waals surface area contributed by atoms with Crippen molar-refractivity contribution in [1.29, 1.82) is 0 Å². The van der Waals surface area contributed by atoms with Gasteiger partial charge in [0.15, 0.2) is 0 Å². The lowest BCUT2D eigenvalue weighted by Crippen LogP contribution is -2.40. The second-order valence-electron chi connectivity index (χ2n) is 6.05. The summed E-state index contributed by atoms with van der Waals surface area (Å²) in [5, 5.41) is 5.59. The lowest BCUT2D eigenvalue weighted by atomic mass is 10.1. The van der Waals surface area contributed by atoms with Crippen molar-refractivity contribution in [2.45, 2.75) is 32.7 Å². The molecule has 0 aromatic heterocycles. The molecule has 3 amide bonds. The summed E-state index contributed by atoms with van der Waals surface area (Å²) in [5.74, 6) is -0.540. The van der Waals surface area contributed by atoms with Gasteiger partial charge in [0.2, 0.25) is 11.8 Å². The number of nitrogens with zero attached hydrogens (tertiary/aromatic N) is 1. The Hall–Kier alpha value is -2.37. The number of fused-ring (bicyclic) bond motifs is 2. The van der Waals surface area contributed by atoms with Crippen LogP contribution in [0.5, 0.6) is 0 Å². The van der Waals surface area contributed by atoms with E-state index in [-0.39, 0.29) is 29.7 Å². The minimum atomic E-state index is -0.381. The molecule has 2 aliphatic heterocycles. The van der Waals surface area contributed by atoms with Crippen molar-refractivity contribution in [3.63, 3.8) is 0 Å². The van der Waals surface area contributed by atoms with Crippen LogP contribution in [0.1, 0.15) is 37.0 Å². The predicted molar refractivity (Wildman–Crippen MR) is 82.6 cm³/mol. The molecule has 2 heterocycles. The van der Waals surface area contributed by atoms with Crippen molar-refractivity contribution in [3.8, 4) is 0 Å². The molecule has 3 rings (SSSR count). The van der Waals surface area contributed by atoms with Crippen molar-refractivity contribution >= 4 is 29.1 Å². The van der Waals surface area contributed by atoms with E-state index in [0.717, 1.165) is 6.42 Å². The van der Waals surface area contributed by atoms with Crippen LogP contribution >= 0.6 is 0 Å². The standard InChI is InChI=1S/C16H19N3O3/c1-9(2)14(20)17-10-5-6-12-11(8-10)16(22)19-7-3-4-13(19)15(21)18-12/h5-6,8-9,13H,3-4,7H2,1-2H3,(H,17,20)(H,18,21)/t13-/m1/s1. The minimum absolute atomic E-state index is 0.107. The molecular formula is C16H19N3O3. The zero-order chi connectivity index (χ0) is 15.9. The maximum atomic E-state index is 12.7. The summed E-state index contributed by atoms with van der Waals surface area (Å²) in [4.78, 5) is 38.2. The summed E-state index contributed by atoms with van der Waals surface area (Å²) < 4.78 is 0. The van der Waals surface area contributed by atoms with E-state index in [1.54, 1.807) is 36.9 Å². The highest BCUT2D eigenvalue weighted by atomic mass is 16.2. The van der Waals surface area contributed by atoms with Crippen molar-refractivity contribution in [2.24, 2.45) is 5.92 Å². The van der Waals surface area contributed by atoms with Crippen molar-refractivity contribution in [1.82, 2.24) is 4.90 Å². The van der Waals surface area contributed by atoms with Gasteiger partial charge in [-0.3, -0.25) is 14.4 Å². The Morgan fingerprint density at radius 1 is 1.36 bits per heavy atom. The van der Waals surface area contributed by atoms with Gasteiger partial charge in [-0.2, -0.15) is 0 Å². The van der Waals surface area contributed by atoms with E-state index >= 15 is 0 Å².